The zero-order valence-corrected chi connectivity index (χ0v) is 11.3. The number of β-amino-alcohol motifs (C(OH)–C–C–N with tert-alkyl or cyclic N) is 1. The number of carboxylic acid groups (broad SMARTS) is 1. The smallest absolute Gasteiger partial charge is 0.306 e. The molecule has 2 aliphatic heterocycles. The van der Waals surface area contributed by atoms with E-state index in [1.165, 1.54) is 0 Å². The fourth-order valence-corrected chi connectivity index (χ4v) is 3.80. The summed E-state index contributed by atoms with van der Waals surface area (Å²) in [5.74, 6) is -0.979. The van der Waals surface area contributed by atoms with Crippen molar-refractivity contribution < 1.29 is 19.7 Å². The molecule has 3 aliphatic rings. The van der Waals surface area contributed by atoms with Crippen LogP contribution in [0, 0.1) is 5.92 Å². The topological polar surface area (TPSA) is 70.0 Å². The van der Waals surface area contributed by atoms with Gasteiger partial charge in [-0.25, -0.2) is 0 Å². The van der Waals surface area contributed by atoms with E-state index in [1.807, 2.05) is 0 Å². The van der Waals surface area contributed by atoms with Gasteiger partial charge in [0.2, 0.25) is 0 Å². The summed E-state index contributed by atoms with van der Waals surface area (Å²) in [4.78, 5) is 13.3. The molecule has 1 aliphatic carbocycles. The number of rotatable bonds is 3. The molecule has 0 radical (unpaired) electrons. The van der Waals surface area contributed by atoms with Gasteiger partial charge in [0.1, 0.15) is 0 Å². The van der Waals surface area contributed by atoms with Crippen molar-refractivity contribution in [3.8, 4) is 0 Å². The average molecular weight is 269 g/mol. The molecule has 0 aromatic rings. The molecule has 2 saturated heterocycles. The standard InChI is InChI=1S/C14H23NO4/c16-13(17)10-3-5-14(18,6-4-10)9-15-7-11-1-2-12(8-15)19-11/h10-12,18H,1-9H2,(H,16,17). The number of carboxylic acids is 1. The minimum Gasteiger partial charge on any atom is -0.481 e. The maximum absolute atomic E-state index is 10.9. The Morgan fingerprint density at radius 2 is 1.74 bits per heavy atom. The van der Waals surface area contributed by atoms with Crippen molar-refractivity contribution >= 4 is 5.97 Å². The third-order valence-corrected chi connectivity index (χ3v) is 4.90. The van der Waals surface area contributed by atoms with E-state index in [0.717, 1.165) is 25.9 Å². The molecule has 3 fully saturated rings. The number of carbonyl (C=O) groups is 1. The lowest BCUT2D eigenvalue weighted by Gasteiger charge is -2.41. The van der Waals surface area contributed by atoms with E-state index in [9.17, 15) is 9.90 Å². The second-order valence-electron chi connectivity index (χ2n) is 6.49. The van der Waals surface area contributed by atoms with Crippen LogP contribution in [0.2, 0.25) is 0 Å². The van der Waals surface area contributed by atoms with Gasteiger partial charge in [-0.1, -0.05) is 0 Å². The van der Waals surface area contributed by atoms with Gasteiger partial charge in [-0.3, -0.25) is 9.69 Å². The van der Waals surface area contributed by atoms with E-state index < -0.39 is 11.6 Å². The lowest BCUT2D eigenvalue weighted by molar-refractivity contribution is -0.145. The Labute approximate surface area is 113 Å². The number of fused-ring (bicyclic) bond motifs is 2. The first kappa shape index (κ1) is 13.3. The molecule has 2 heterocycles. The molecule has 2 bridgehead atoms. The molecule has 2 N–H and O–H groups in total. The summed E-state index contributed by atoms with van der Waals surface area (Å²) in [5, 5.41) is 19.6. The number of likely N-dealkylation sites (tertiary alicyclic amines) is 1. The highest BCUT2D eigenvalue weighted by Crippen LogP contribution is 2.34. The van der Waals surface area contributed by atoms with Crippen LogP contribution in [0.4, 0.5) is 0 Å². The van der Waals surface area contributed by atoms with Gasteiger partial charge in [-0.05, 0) is 38.5 Å². The Morgan fingerprint density at radius 1 is 1.16 bits per heavy atom. The lowest BCUT2D eigenvalue weighted by atomic mass is 9.78. The summed E-state index contributed by atoms with van der Waals surface area (Å²) in [6.07, 6.45) is 5.39. The molecule has 5 nitrogen and oxygen atoms in total. The third kappa shape index (κ3) is 2.93. The molecule has 0 amide bonds. The highest BCUT2D eigenvalue weighted by Gasteiger charge is 2.40. The second-order valence-corrected chi connectivity index (χ2v) is 6.49. The molecule has 0 aromatic heterocycles. The fraction of sp³-hybridized carbons (Fsp3) is 0.929. The number of aliphatic hydroxyl groups is 1. The summed E-state index contributed by atoms with van der Waals surface area (Å²) in [6.45, 7) is 2.51. The number of aliphatic carboxylic acids is 1. The Balaban J connectivity index is 1.53. The van der Waals surface area contributed by atoms with Crippen LogP contribution in [-0.4, -0.2) is 58.5 Å². The zero-order chi connectivity index (χ0) is 13.5. The summed E-state index contributed by atoms with van der Waals surface area (Å²) in [5.41, 5.74) is -0.692. The van der Waals surface area contributed by atoms with Gasteiger partial charge < -0.3 is 14.9 Å². The number of hydrogen-bond donors (Lipinski definition) is 2. The molecular weight excluding hydrogens is 246 g/mol. The van der Waals surface area contributed by atoms with Gasteiger partial charge in [0.05, 0.1) is 23.7 Å². The second kappa shape index (κ2) is 5.04. The van der Waals surface area contributed by atoms with Crippen LogP contribution in [0.1, 0.15) is 38.5 Å². The van der Waals surface area contributed by atoms with Gasteiger partial charge in [-0.15, -0.1) is 0 Å². The first-order valence-electron chi connectivity index (χ1n) is 7.37. The predicted molar refractivity (Wildman–Crippen MR) is 68.9 cm³/mol. The quantitative estimate of drug-likeness (QED) is 0.795. The Bertz CT molecular complexity index is 339. The van der Waals surface area contributed by atoms with Gasteiger partial charge in [0, 0.05) is 19.6 Å². The Hall–Kier alpha value is -0.650. The van der Waals surface area contributed by atoms with E-state index in [-0.39, 0.29) is 5.92 Å². The van der Waals surface area contributed by atoms with E-state index in [2.05, 4.69) is 4.90 Å². The van der Waals surface area contributed by atoms with Gasteiger partial charge in [-0.2, -0.15) is 0 Å². The van der Waals surface area contributed by atoms with E-state index in [4.69, 9.17) is 9.84 Å². The van der Waals surface area contributed by atoms with Crippen molar-refractivity contribution in [2.24, 2.45) is 5.92 Å². The van der Waals surface area contributed by atoms with Crippen LogP contribution in [0.15, 0.2) is 0 Å². The minimum atomic E-state index is -0.716. The first-order chi connectivity index (χ1) is 9.04. The lowest BCUT2D eigenvalue weighted by Crippen LogP contribution is -2.51. The minimum absolute atomic E-state index is 0.263. The highest BCUT2D eigenvalue weighted by molar-refractivity contribution is 5.70. The number of ether oxygens (including phenoxy) is 1. The normalized spacial score (nSPS) is 43.3. The zero-order valence-electron chi connectivity index (χ0n) is 11.3. The fourth-order valence-electron chi connectivity index (χ4n) is 3.80. The largest absolute Gasteiger partial charge is 0.481 e. The van der Waals surface area contributed by atoms with E-state index in [0.29, 0.717) is 44.4 Å². The van der Waals surface area contributed by atoms with E-state index >= 15 is 0 Å². The molecule has 0 aromatic carbocycles. The molecule has 19 heavy (non-hydrogen) atoms. The van der Waals surface area contributed by atoms with Crippen molar-refractivity contribution in [3.05, 3.63) is 0 Å². The Kier molecular flexibility index (Phi) is 3.53. The van der Waals surface area contributed by atoms with Crippen molar-refractivity contribution in [3.63, 3.8) is 0 Å². The number of nitrogens with zero attached hydrogens (tertiary/aromatic N) is 1. The third-order valence-electron chi connectivity index (χ3n) is 4.90. The molecule has 3 rings (SSSR count). The van der Waals surface area contributed by atoms with Crippen LogP contribution in [0.25, 0.3) is 0 Å². The number of morpholine rings is 1. The summed E-state index contributed by atoms with van der Waals surface area (Å²) in [7, 11) is 0. The van der Waals surface area contributed by atoms with Crippen molar-refractivity contribution in [1.29, 1.82) is 0 Å². The highest BCUT2D eigenvalue weighted by atomic mass is 16.5. The Morgan fingerprint density at radius 3 is 2.26 bits per heavy atom. The van der Waals surface area contributed by atoms with Crippen molar-refractivity contribution in [2.75, 3.05) is 19.6 Å². The predicted octanol–water partition coefficient (Wildman–Crippen LogP) is 0.855. The SMILES string of the molecule is O=C(O)C1CCC(O)(CN2CC3CCC(C2)O3)CC1. The van der Waals surface area contributed by atoms with Crippen molar-refractivity contribution in [2.45, 2.75) is 56.3 Å². The molecular formula is C14H23NO4. The molecule has 0 spiro atoms. The average Bonchev–Trinajstić information content (AvgIpc) is 2.69. The monoisotopic (exact) mass is 269 g/mol. The maximum Gasteiger partial charge on any atom is 0.306 e. The molecule has 108 valence electrons. The van der Waals surface area contributed by atoms with Crippen molar-refractivity contribution in [1.82, 2.24) is 4.90 Å². The van der Waals surface area contributed by atoms with Gasteiger partial charge >= 0.3 is 5.97 Å². The summed E-state index contributed by atoms with van der Waals surface area (Å²) < 4.78 is 5.80. The molecule has 2 unspecified atom stereocenters. The molecule has 2 atom stereocenters. The first-order valence-corrected chi connectivity index (χ1v) is 7.37. The maximum atomic E-state index is 10.9. The van der Waals surface area contributed by atoms with E-state index in [1.54, 1.807) is 0 Å². The van der Waals surface area contributed by atoms with Crippen LogP contribution in [0.5, 0.6) is 0 Å². The van der Waals surface area contributed by atoms with Crippen LogP contribution in [-0.2, 0) is 9.53 Å². The van der Waals surface area contributed by atoms with Gasteiger partial charge in [0.25, 0.3) is 0 Å². The van der Waals surface area contributed by atoms with Crippen LogP contribution >= 0.6 is 0 Å². The van der Waals surface area contributed by atoms with Gasteiger partial charge in [0.15, 0.2) is 0 Å². The molecule has 5 heteroatoms. The van der Waals surface area contributed by atoms with Crippen LogP contribution in [0.3, 0.4) is 0 Å². The summed E-state index contributed by atoms with van der Waals surface area (Å²) >= 11 is 0. The number of hydrogen-bond acceptors (Lipinski definition) is 4. The summed E-state index contributed by atoms with van der Waals surface area (Å²) in [6, 6.07) is 0. The van der Waals surface area contributed by atoms with Crippen LogP contribution < -0.4 is 0 Å². The molecule has 1 saturated carbocycles.